The van der Waals surface area contributed by atoms with Gasteiger partial charge in [-0.1, -0.05) is 71.9 Å². The van der Waals surface area contributed by atoms with Gasteiger partial charge in [0.05, 0.1) is 11.3 Å². The van der Waals surface area contributed by atoms with Gasteiger partial charge in [-0.25, -0.2) is 9.50 Å². The third-order valence-corrected chi connectivity index (χ3v) is 6.19. The summed E-state index contributed by atoms with van der Waals surface area (Å²) >= 11 is 1.58. The first-order chi connectivity index (χ1) is 14.2. The van der Waals surface area contributed by atoms with E-state index >= 15 is 0 Å². The van der Waals surface area contributed by atoms with Crippen molar-refractivity contribution in [3.8, 4) is 0 Å². The quantitative estimate of drug-likeness (QED) is 0.467. The van der Waals surface area contributed by atoms with Crippen molar-refractivity contribution in [1.82, 2.24) is 19.6 Å². The van der Waals surface area contributed by atoms with Crippen molar-refractivity contribution in [2.45, 2.75) is 36.6 Å². The molecule has 2 aromatic heterocycles. The van der Waals surface area contributed by atoms with E-state index in [0.717, 1.165) is 17.9 Å². The van der Waals surface area contributed by atoms with E-state index in [1.165, 1.54) is 16.7 Å². The summed E-state index contributed by atoms with van der Waals surface area (Å²) < 4.78 is 1.64. The normalized spacial score (nSPS) is 16.2. The highest BCUT2D eigenvalue weighted by Crippen LogP contribution is 2.32. The van der Waals surface area contributed by atoms with Crippen LogP contribution in [0.3, 0.4) is 0 Å². The first-order valence-electron chi connectivity index (χ1n) is 9.68. The summed E-state index contributed by atoms with van der Waals surface area (Å²) in [5, 5.41) is 5.20. The Morgan fingerprint density at radius 2 is 1.93 bits per heavy atom. The van der Waals surface area contributed by atoms with Crippen LogP contribution in [0.15, 0.2) is 66.0 Å². The monoisotopic (exact) mass is 400 g/mol. The third-order valence-electron chi connectivity index (χ3n) is 5.28. The van der Waals surface area contributed by atoms with Crippen LogP contribution in [0, 0.1) is 6.92 Å². The number of thioether (sulfide) groups is 1. The van der Waals surface area contributed by atoms with E-state index < -0.39 is 0 Å². The SMILES string of the molecule is Cc1cccc(CSc2nc3nc4c(cn3n2)C(=O)CC(c2ccccc2)C4)c1. The van der Waals surface area contributed by atoms with Gasteiger partial charge in [0, 0.05) is 18.4 Å². The topological polar surface area (TPSA) is 60.1 Å². The molecule has 4 aromatic rings. The van der Waals surface area contributed by atoms with E-state index in [9.17, 15) is 4.79 Å². The molecule has 1 aliphatic carbocycles. The lowest BCUT2D eigenvalue weighted by atomic mass is 9.82. The standard InChI is InChI=1S/C23H20N4OS/c1-15-6-5-7-16(10-15)14-29-23-25-22-24-20-11-18(17-8-3-2-4-9-17)12-21(28)19(20)13-27(22)26-23/h2-10,13,18H,11-12,14H2,1H3. The van der Waals surface area contributed by atoms with Gasteiger partial charge >= 0.3 is 0 Å². The lowest BCUT2D eigenvalue weighted by Crippen LogP contribution is -2.21. The van der Waals surface area contributed by atoms with Crippen LogP contribution >= 0.6 is 11.8 Å². The second-order valence-electron chi connectivity index (χ2n) is 7.46. The van der Waals surface area contributed by atoms with Gasteiger partial charge in [0.25, 0.3) is 5.78 Å². The van der Waals surface area contributed by atoms with Crippen LogP contribution in [-0.2, 0) is 12.2 Å². The van der Waals surface area contributed by atoms with Gasteiger partial charge in [0.15, 0.2) is 5.78 Å². The van der Waals surface area contributed by atoms with E-state index in [2.05, 4.69) is 58.4 Å². The minimum atomic E-state index is 0.124. The molecule has 0 amide bonds. The number of nitrogens with zero attached hydrogens (tertiary/aromatic N) is 4. The number of ketones is 1. The zero-order valence-corrected chi connectivity index (χ0v) is 16.9. The molecule has 1 atom stereocenters. The van der Waals surface area contributed by atoms with E-state index in [-0.39, 0.29) is 11.7 Å². The molecule has 0 aliphatic heterocycles. The fourth-order valence-corrected chi connectivity index (χ4v) is 4.60. The summed E-state index contributed by atoms with van der Waals surface area (Å²) in [5.74, 6) is 1.65. The predicted molar refractivity (Wildman–Crippen MR) is 113 cm³/mol. The summed E-state index contributed by atoms with van der Waals surface area (Å²) in [6.07, 6.45) is 3.05. The first-order valence-corrected chi connectivity index (χ1v) is 10.7. The molecule has 5 rings (SSSR count). The Morgan fingerprint density at radius 3 is 2.76 bits per heavy atom. The highest BCUT2D eigenvalue weighted by atomic mass is 32.2. The molecule has 0 saturated heterocycles. The number of hydrogen-bond donors (Lipinski definition) is 0. The number of carbonyl (C=O) groups is 1. The second-order valence-corrected chi connectivity index (χ2v) is 8.40. The maximum atomic E-state index is 12.8. The Morgan fingerprint density at radius 1 is 1.07 bits per heavy atom. The molecule has 1 aliphatic rings. The highest BCUT2D eigenvalue weighted by Gasteiger charge is 2.28. The van der Waals surface area contributed by atoms with Crippen molar-refractivity contribution in [3.63, 3.8) is 0 Å². The van der Waals surface area contributed by atoms with Gasteiger partial charge in [-0.05, 0) is 30.4 Å². The van der Waals surface area contributed by atoms with Gasteiger partial charge in [0.2, 0.25) is 5.16 Å². The van der Waals surface area contributed by atoms with Gasteiger partial charge in [-0.3, -0.25) is 4.79 Å². The van der Waals surface area contributed by atoms with Gasteiger partial charge < -0.3 is 0 Å². The van der Waals surface area contributed by atoms with Crippen LogP contribution in [0.2, 0.25) is 0 Å². The second kappa shape index (κ2) is 7.44. The van der Waals surface area contributed by atoms with E-state index in [1.807, 2.05) is 18.2 Å². The zero-order valence-electron chi connectivity index (χ0n) is 16.1. The van der Waals surface area contributed by atoms with Crippen LogP contribution in [0.25, 0.3) is 5.78 Å². The Balaban J connectivity index is 1.41. The summed E-state index contributed by atoms with van der Waals surface area (Å²) in [5.41, 5.74) is 5.16. The molecule has 0 fully saturated rings. The molecule has 144 valence electrons. The third kappa shape index (κ3) is 3.68. The number of rotatable bonds is 4. The Labute approximate surface area is 173 Å². The minimum Gasteiger partial charge on any atom is -0.294 e. The molecule has 0 saturated carbocycles. The minimum absolute atomic E-state index is 0.124. The zero-order chi connectivity index (χ0) is 19.8. The average molecular weight is 401 g/mol. The molecule has 29 heavy (non-hydrogen) atoms. The summed E-state index contributed by atoms with van der Waals surface area (Å²) in [4.78, 5) is 22.0. The molecular formula is C23H20N4OS. The number of fused-ring (bicyclic) bond motifs is 2. The van der Waals surface area contributed by atoms with Gasteiger partial charge in [-0.15, -0.1) is 5.10 Å². The summed E-state index contributed by atoms with van der Waals surface area (Å²) in [6, 6.07) is 18.6. The van der Waals surface area contributed by atoms with Crippen molar-refractivity contribution in [2.75, 3.05) is 0 Å². The van der Waals surface area contributed by atoms with Crippen molar-refractivity contribution >= 4 is 23.3 Å². The maximum absolute atomic E-state index is 12.8. The van der Waals surface area contributed by atoms with Crippen molar-refractivity contribution in [2.24, 2.45) is 0 Å². The molecule has 1 unspecified atom stereocenters. The number of Topliss-reactive ketones (excluding diaryl/α,β-unsaturated/α-hetero) is 1. The molecule has 0 bridgehead atoms. The molecule has 0 N–H and O–H groups in total. The molecule has 0 radical (unpaired) electrons. The molecule has 6 heteroatoms. The lowest BCUT2D eigenvalue weighted by molar-refractivity contribution is 0.0962. The van der Waals surface area contributed by atoms with Gasteiger partial charge in [-0.2, -0.15) is 4.98 Å². The number of aryl methyl sites for hydroxylation is 1. The Kier molecular flexibility index (Phi) is 4.64. The van der Waals surface area contributed by atoms with Crippen LogP contribution in [-0.4, -0.2) is 25.4 Å². The first kappa shape index (κ1) is 18.1. The molecule has 0 spiro atoms. The Hall–Kier alpha value is -2.99. The highest BCUT2D eigenvalue weighted by molar-refractivity contribution is 7.98. The maximum Gasteiger partial charge on any atom is 0.253 e. The Bertz CT molecular complexity index is 1200. The fourth-order valence-electron chi connectivity index (χ4n) is 3.84. The lowest BCUT2D eigenvalue weighted by Gasteiger charge is -2.22. The van der Waals surface area contributed by atoms with E-state index in [0.29, 0.717) is 22.9 Å². The van der Waals surface area contributed by atoms with E-state index in [4.69, 9.17) is 0 Å². The van der Waals surface area contributed by atoms with Crippen LogP contribution in [0.1, 0.15) is 45.1 Å². The molecular weight excluding hydrogens is 380 g/mol. The smallest absolute Gasteiger partial charge is 0.253 e. The largest absolute Gasteiger partial charge is 0.294 e. The van der Waals surface area contributed by atoms with E-state index in [1.54, 1.807) is 22.5 Å². The van der Waals surface area contributed by atoms with Crippen molar-refractivity contribution < 1.29 is 4.79 Å². The van der Waals surface area contributed by atoms with Crippen molar-refractivity contribution in [1.29, 1.82) is 0 Å². The number of aromatic nitrogens is 4. The molecule has 5 nitrogen and oxygen atoms in total. The summed E-state index contributed by atoms with van der Waals surface area (Å²) in [7, 11) is 0. The number of carbonyl (C=O) groups excluding carboxylic acids is 1. The fraction of sp³-hybridized carbons (Fsp3) is 0.217. The number of hydrogen-bond acceptors (Lipinski definition) is 5. The average Bonchev–Trinajstić information content (AvgIpc) is 3.13. The van der Waals surface area contributed by atoms with Crippen LogP contribution in [0.5, 0.6) is 0 Å². The van der Waals surface area contributed by atoms with Crippen LogP contribution < -0.4 is 0 Å². The number of benzene rings is 2. The van der Waals surface area contributed by atoms with Crippen LogP contribution in [0.4, 0.5) is 0 Å². The van der Waals surface area contributed by atoms with Crippen molar-refractivity contribution in [3.05, 3.63) is 88.7 Å². The molecule has 2 aromatic carbocycles. The predicted octanol–water partition coefficient (Wildman–Crippen LogP) is 4.64. The summed E-state index contributed by atoms with van der Waals surface area (Å²) in [6.45, 7) is 2.09. The van der Waals surface area contributed by atoms with Gasteiger partial charge in [0.1, 0.15) is 0 Å². The molecule has 2 heterocycles.